The van der Waals surface area contributed by atoms with E-state index in [2.05, 4.69) is 58.2 Å². The Morgan fingerprint density at radius 3 is 2.48 bits per heavy atom. The molecular formula is C19H29NO2Si. The van der Waals surface area contributed by atoms with Crippen LogP contribution in [0.25, 0.3) is 0 Å². The topological polar surface area (TPSA) is 42.2 Å². The predicted molar refractivity (Wildman–Crippen MR) is 94.4 cm³/mol. The maximum Gasteiger partial charge on any atom is 0.192 e. The fraction of sp³-hybridized carbons (Fsp3) is 0.737. The molecule has 0 aliphatic heterocycles. The molecule has 5 atom stereocenters. The zero-order valence-electron chi connectivity index (χ0n) is 15.2. The third kappa shape index (κ3) is 2.36. The summed E-state index contributed by atoms with van der Waals surface area (Å²) in [5, 5.41) is 9.97. The van der Waals surface area contributed by atoms with Crippen LogP contribution in [0.2, 0.25) is 18.1 Å². The van der Waals surface area contributed by atoms with Crippen LogP contribution in [0, 0.1) is 29.1 Å². The second-order valence-electron chi connectivity index (χ2n) is 8.77. The van der Waals surface area contributed by atoms with Crippen molar-refractivity contribution >= 4 is 8.32 Å². The van der Waals surface area contributed by atoms with Crippen molar-refractivity contribution in [3.8, 4) is 6.07 Å². The lowest BCUT2D eigenvalue weighted by Crippen LogP contribution is -2.51. The lowest BCUT2D eigenvalue weighted by atomic mass is 9.61. The van der Waals surface area contributed by atoms with Gasteiger partial charge in [0, 0.05) is 18.9 Å². The molecule has 1 fully saturated rings. The Hall–Kier alpha value is -0.893. The predicted octanol–water partition coefficient (Wildman–Crippen LogP) is 4.44. The van der Waals surface area contributed by atoms with Crippen LogP contribution in [0.15, 0.2) is 23.8 Å². The van der Waals surface area contributed by atoms with Crippen molar-refractivity contribution in [2.75, 3.05) is 7.11 Å². The molecule has 0 saturated heterocycles. The summed E-state index contributed by atoms with van der Waals surface area (Å²) in [6.45, 7) is 11.4. The molecule has 3 rings (SSSR count). The summed E-state index contributed by atoms with van der Waals surface area (Å²) >= 11 is 0. The molecule has 3 nitrogen and oxygen atoms in total. The number of hydrogen-bond donors (Lipinski definition) is 0. The Kier molecular flexibility index (Phi) is 3.91. The highest BCUT2D eigenvalue weighted by Gasteiger charge is 2.58. The van der Waals surface area contributed by atoms with Gasteiger partial charge in [-0.15, -0.1) is 0 Å². The third-order valence-corrected chi connectivity index (χ3v) is 11.1. The van der Waals surface area contributed by atoms with E-state index in [0.29, 0.717) is 11.8 Å². The smallest absolute Gasteiger partial charge is 0.192 e. The monoisotopic (exact) mass is 331 g/mol. The first-order valence-electron chi connectivity index (χ1n) is 8.69. The molecule has 3 aliphatic carbocycles. The summed E-state index contributed by atoms with van der Waals surface area (Å²) in [5.41, 5.74) is 0.801. The molecule has 0 radical (unpaired) electrons. The van der Waals surface area contributed by atoms with Crippen LogP contribution < -0.4 is 0 Å². The Morgan fingerprint density at radius 1 is 1.30 bits per heavy atom. The van der Waals surface area contributed by atoms with Crippen LogP contribution in [-0.4, -0.2) is 27.1 Å². The van der Waals surface area contributed by atoms with Crippen molar-refractivity contribution in [1.82, 2.24) is 0 Å². The van der Waals surface area contributed by atoms with Crippen molar-refractivity contribution in [2.24, 2.45) is 17.8 Å². The fourth-order valence-electron chi connectivity index (χ4n) is 4.08. The Morgan fingerprint density at radius 2 is 2.00 bits per heavy atom. The molecule has 0 aromatic heterocycles. The van der Waals surface area contributed by atoms with Gasteiger partial charge in [-0.05, 0) is 36.5 Å². The first kappa shape index (κ1) is 16.9. The third-order valence-electron chi connectivity index (χ3n) is 6.62. The number of nitrogens with zero attached hydrogens (tertiary/aromatic N) is 1. The normalized spacial score (nSPS) is 39.1. The number of allylic oxidation sites excluding steroid dienone is 3. The summed E-state index contributed by atoms with van der Waals surface area (Å²) in [7, 11) is -0.0829. The lowest BCUT2D eigenvalue weighted by molar-refractivity contribution is -0.0321. The highest BCUT2D eigenvalue weighted by molar-refractivity contribution is 6.74. The van der Waals surface area contributed by atoms with Crippen LogP contribution in [0.3, 0.4) is 0 Å². The van der Waals surface area contributed by atoms with Crippen LogP contribution in [0.1, 0.15) is 33.6 Å². The summed E-state index contributed by atoms with van der Waals surface area (Å²) in [6.07, 6.45) is 8.69. The average Bonchev–Trinajstić information content (AvgIpc) is 2.77. The number of nitriles is 1. The van der Waals surface area contributed by atoms with E-state index in [9.17, 15) is 5.26 Å². The molecule has 0 amide bonds. The molecule has 1 saturated carbocycles. The molecule has 0 heterocycles. The van der Waals surface area contributed by atoms with E-state index >= 15 is 0 Å². The molecular weight excluding hydrogens is 302 g/mol. The van der Waals surface area contributed by atoms with Gasteiger partial charge in [0.15, 0.2) is 8.32 Å². The molecule has 23 heavy (non-hydrogen) atoms. The lowest BCUT2D eigenvalue weighted by Gasteiger charge is -2.47. The highest BCUT2D eigenvalue weighted by atomic mass is 28.4. The van der Waals surface area contributed by atoms with Gasteiger partial charge in [0.2, 0.25) is 0 Å². The minimum Gasteiger partial charge on any atom is -0.410 e. The summed E-state index contributed by atoms with van der Waals surface area (Å²) in [5.74, 6) is 0.618. The van der Waals surface area contributed by atoms with Crippen molar-refractivity contribution in [1.29, 1.82) is 5.26 Å². The van der Waals surface area contributed by atoms with Gasteiger partial charge >= 0.3 is 0 Å². The van der Waals surface area contributed by atoms with Gasteiger partial charge in [0.05, 0.1) is 18.1 Å². The van der Waals surface area contributed by atoms with Crippen molar-refractivity contribution < 1.29 is 9.16 Å². The molecule has 0 bridgehead atoms. The first-order valence-corrected chi connectivity index (χ1v) is 11.6. The number of ether oxygens (including phenoxy) is 1. The zero-order valence-corrected chi connectivity index (χ0v) is 16.2. The number of fused-ring (bicyclic) bond motifs is 2. The van der Waals surface area contributed by atoms with Crippen molar-refractivity contribution in [3.05, 3.63) is 23.8 Å². The van der Waals surface area contributed by atoms with Gasteiger partial charge in [0.1, 0.15) is 5.60 Å². The van der Waals surface area contributed by atoms with Crippen LogP contribution >= 0.6 is 0 Å². The van der Waals surface area contributed by atoms with E-state index in [1.54, 1.807) is 7.11 Å². The molecule has 3 aliphatic rings. The molecule has 0 N–H and O–H groups in total. The number of hydrogen-bond acceptors (Lipinski definition) is 3. The fourth-order valence-corrected chi connectivity index (χ4v) is 5.39. The van der Waals surface area contributed by atoms with Crippen molar-refractivity contribution in [2.45, 2.75) is 63.5 Å². The SMILES string of the molecule is CO[C@@]12CC[C@@H](O[Si](C)(C)C(C)(C)C)C1=C[C@@H]1C=CC1[C@@H]2C#N. The van der Waals surface area contributed by atoms with E-state index in [1.165, 1.54) is 5.57 Å². The van der Waals surface area contributed by atoms with E-state index in [-0.39, 0.29) is 17.1 Å². The van der Waals surface area contributed by atoms with Crippen LogP contribution in [0.4, 0.5) is 0 Å². The Labute approximate surface area is 141 Å². The van der Waals surface area contributed by atoms with Gasteiger partial charge in [-0.25, -0.2) is 0 Å². The molecule has 0 aromatic carbocycles. The van der Waals surface area contributed by atoms with Gasteiger partial charge in [-0.1, -0.05) is 39.0 Å². The van der Waals surface area contributed by atoms with Crippen LogP contribution in [0.5, 0.6) is 0 Å². The average molecular weight is 332 g/mol. The summed E-state index contributed by atoms with van der Waals surface area (Å²) < 4.78 is 12.7. The van der Waals surface area contributed by atoms with Gasteiger partial charge in [0.25, 0.3) is 0 Å². The second kappa shape index (κ2) is 5.30. The van der Waals surface area contributed by atoms with Crippen LogP contribution in [-0.2, 0) is 9.16 Å². The molecule has 0 spiro atoms. The molecule has 4 heteroatoms. The van der Waals surface area contributed by atoms with Gasteiger partial charge < -0.3 is 9.16 Å². The molecule has 126 valence electrons. The second-order valence-corrected chi connectivity index (χ2v) is 13.5. The van der Waals surface area contributed by atoms with E-state index < -0.39 is 13.9 Å². The minimum absolute atomic E-state index is 0.0875. The first-order chi connectivity index (χ1) is 10.7. The number of methoxy groups -OCH3 is 1. The van der Waals surface area contributed by atoms with Gasteiger partial charge in [-0.3, -0.25) is 0 Å². The molecule has 0 aromatic rings. The summed E-state index contributed by atoms with van der Waals surface area (Å²) in [6, 6.07) is 2.55. The van der Waals surface area contributed by atoms with E-state index in [0.717, 1.165) is 12.8 Å². The molecule has 1 unspecified atom stereocenters. The Balaban J connectivity index is 1.94. The highest BCUT2D eigenvalue weighted by Crippen LogP contribution is 2.56. The van der Waals surface area contributed by atoms with Gasteiger partial charge in [-0.2, -0.15) is 5.26 Å². The largest absolute Gasteiger partial charge is 0.410 e. The standard InChI is InChI=1S/C19H29NO2Si/c1-18(2,3)23(5,6)22-17-9-10-19(21-4)15(17)11-13-7-8-14(13)16(19)12-20/h7-8,11,13-14,16-17H,9-10H2,1-6H3/t13-,14?,16-,17+,19-/m0/s1. The van der Waals surface area contributed by atoms with Crippen molar-refractivity contribution in [3.63, 3.8) is 0 Å². The van der Waals surface area contributed by atoms with E-state index in [1.807, 2.05) is 0 Å². The minimum atomic E-state index is -1.84. The maximum atomic E-state index is 9.78. The number of rotatable bonds is 3. The van der Waals surface area contributed by atoms with E-state index in [4.69, 9.17) is 9.16 Å². The maximum absolute atomic E-state index is 9.78. The zero-order chi connectivity index (χ0) is 17.0. The Bertz CT molecular complexity index is 595. The summed E-state index contributed by atoms with van der Waals surface area (Å²) in [4.78, 5) is 0. The quantitative estimate of drug-likeness (QED) is 0.567.